The Labute approximate surface area is 294 Å². The van der Waals surface area contributed by atoms with E-state index in [4.69, 9.17) is 4.99 Å². The fraction of sp³-hybridized carbons (Fsp3) is 0.0444. The van der Waals surface area contributed by atoms with E-state index in [-0.39, 0.29) is 11.5 Å². The average molecular weight is 658 g/mol. The maximum Gasteiger partial charge on any atom is 0.189 e. The predicted molar refractivity (Wildman–Crippen MR) is 201 cm³/mol. The first-order valence-electron chi connectivity index (χ1n) is 17.0. The first kappa shape index (κ1) is 30.1. The molecule has 6 heteroatoms. The van der Waals surface area contributed by atoms with Crippen molar-refractivity contribution in [2.75, 3.05) is 0 Å². The van der Waals surface area contributed by atoms with Gasteiger partial charge in [-0.2, -0.15) is 5.26 Å². The number of nitrogens with zero attached hydrogens (tertiary/aromatic N) is 2. The van der Waals surface area contributed by atoms with E-state index in [1.807, 2.05) is 109 Å². The van der Waals surface area contributed by atoms with Crippen molar-refractivity contribution in [1.82, 2.24) is 15.3 Å². The Bertz CT molecular complexity index is 2620. The van der Waals surface area contributed by atoms with Crippen molar-refractivity contribution in [1.29, 1.82) is 5.26 Å². The van der Waals surface area contributed by atoms with Gasteiger partial charge >= 0.3 is 0 Å². The monoisotopic (exact) mass is 657 g/mol. The Morgan fingerprint density at radius 1 is 0.569 bits per heavy atom. The Kier molecular flexibility index (Phi) is 7.37. The lowest BCUT2D eigenvalue weighted by molar-refractivity contribution is -0.116. The van der Waals surface area contributed by atoms with Crippen molar-refractivity contribution in [3.63, 3.8) is 0 Å². The number of carbonyl (C=O) groups excluding carboxylic acids is 1. The summed E-state index contributed by atoms with van der Waals surface area (Å²) in [4.78, 5) is 27.7. The van der Waals surface area contributed by atoms with Crippen molar-refractivity contribution in [2.45, 2.75) is 12.0 Å². The number of hydrogen-bond acceptors (Lipinski definition) is 4. The van der Waals surface area contributed by atoms with E-state index in [0.717, 1.165) is 66.9 Å². The van der Waals surface area contributed by atoms with Crippen LogP contribution in [0, 0.1) is 11.3 Å². The molecule has 8 bridgehead atoms. The number of nitriles is 1. The van der Waals surface area contributed by atoms with Crippen molar-refractivity contribution in [3.05, 3.63) is 219 Å². The number of benzene rings is 4. The summed E-state index contributed by atoms with van der Waals surface area (Å²) in [7, 11) is 0. The van der Waals surface area contributed by atoms with Gasteiger partial charge in [-0.3, -0.25) is 4.79 Å². The number of hydrogen-bond donors (Lipinski definition) is 3. The summed E-state index contributed by atoms with van der Waals surface area (Å²) < 4.78 is 0. The van der Waals surface area contributed by atoms with Gasteiger partial charge in [0.1, 0.15) is 17.8 Å². The van der Waals surface area contributed by atoms with Crippen LogP contribution >= 0.6 is 0 Å². The van der Waals surface area contributed by atoms with Crippen LogP contribution in [0.3, 0.4) is 0 Å². The third-order valence-corrected chi connectivity index (χ3v) is 9.81. The first-order valence-corrected chi connectivity index (χ1v) is 17.0. The van der Waals surface area contributed by atoms with Gasteiger partial charge in [-0.15, -0.1) is 0 Å². The number of nitrogens with one attached hydrogen (secondary N) is 3. The molecule has 0 saturated heterocycles. The van der Waals surface area contributed by atoms with Gasteiger partial charge in [-0.1, -0.05) is 121 Å². The highest BCUT2D eigenvalue weighted by Crippen LogP contribution is 2.39. The molecule has 9 rings (SSSR count). The predicted octanol–water partition coefficient (Wildman–Crippen LogP) is 6.68. The van der Waals surface area contributed by atoms with Crippen LogP contribution in [-0.2, 0) is 4.79 Å². The molecule has 0 aliphatic carbocycles. The molecule has 2 aromatic heterocycles. The smallest absolute Gasteiger partial charge is 0.189 e. The second-order valence-electron chi connectivity index (χ2n) is 12.8. The lowest BCUT2D eigenvalue weighted by Gasteiger charge is -2.24. The zero-order chi connectivity index (χ0) is 34.3. The molecule has 2 atom stereocenters. The second-order valence-corrected chi connectivity index (χ2v) is 12.8. The minimum absolute atomic E-state index is 0.140. The van der Waals surface area contributed by atoms with Crippen LogP contribution in [0.15, 0.2) is 180 Å². The highest BCUT2D eigenvalue weighted by atomic mass is 16.1. The molecule has 4 aromatic carbocycles. The standard InChI is InChI=1S/C45H31N5O/c46-27-38-43-41(30-17-9-3-10-18-30)36-25-23-34(48-36)39(28-13-5-1-6-14-28)32-21-22-33(47-32)40(29-15-7-2-8-16-29)35-24-26-37(49-35)42(44(50-38)45(43)51)31-19-11-4-12-20-31/h1-26,42,44,48-50H/b39-34-,40-33-,41-36-. The number of aliphatic imine (C=N–C) groups is 1. The van der Waals surface area contributed by atoms with Gasteiger partial charge in [-0.05, 0) is 58.7 Å². The maximum absolute atomic E-state index is 15.0. The average Bonchev–Trinajstić information content (AvgIpc) is 4.01. The van der Waals surface area contributed by atoms with Crippen molar-refractivity contribution < 1.29 is 4.79 Å². The third kappa shape index (κ3) is 5.20. The van der Waals surface area contributed by atoms with Gasteiger partial charge in [0.25, 0.3) is 0 Å². The molecule has 51 heavy (non-hydrogen) atoms. The molecule has 2 unspecified atom stereocenters. The number of ketones is 1. The van der Waals surface area contributed by atoms with Crippen LogP contribution in [0.1, 0.15) is 39.6 Å². The van der Waals surface area contributed by atoms with Gasteiger partial charge in [0.15, 0.2) is 5.78 Å². The SMILES string of the molecule is N#CC1=C2C(=O)C(N1)C(c1ccccc1)c1ccc([nH]1)/C(c1ccccc1)=C1/C=CC(=N1)/C(c1ccccc1)=c1/cc/c([nH]1)=C/2c1ccccc1. The molecule has 3 aliphatic heterocycles. The molecule has 5 heterocycles. The van der Waals surface area contributed by atoms with Crippen molar-refractivity contribution in [3.8, 4) is 6.07 Å². The lowest BCUT2D eigenvalue weighted by atomic mass is 9.84. The minimum atomic E-state index is -0.736. The summed E-state index contributed by atoms with van der Waals surface area (Å²) in [5.74, 6) is -0.561. The molecule has 242 valence electrons. The van der Waals surface area contributed by atoms with Gasteiger partial charge in [0.05, 0.1) is 22.9 Å². The van der Waals surface area contributed by atoms with Crippen LogP contribution in [0.4, 0.5) is 0 Å². The fourth-order valence-electron chi connectivity index (χ4n) is 7.55. The van der Waals surface area contributed by atoms with Crippen molar-refractivity contribution >= 4 is 28.2 Å². The first-order chi connectivity index (χ1) is 25.2. The zero-order valence-electron chi connectivity index (χ0n) is 27.5. The maximum atomic E-state index is 15.0. The molecule has 0 fully saturated rings. The number of aromatic nitrogens is 2. The molecule has 6 aromatic rings. The van der Waals surface area contributed by atoms with Crippen LogP contribution in [0.25, 0.3) is 16.7 Å². The molecular formula is C45H31N5O. The summed E-state index contributed by atoms with van der Waals surface area (Å²) in [6.07, 6.45) is 4.15. The Balaban J connectivity index is 1.41. The summed E-state index contributed by atoms with van der Waals surface area (Å²) in [6.45, 7) is 0. The number of Topliss-reactive ketones (excluding diaryl/α,β-unsaturated/α-hetero) is 1. The van der Waals surface area contributed by atoms with Gasteiger partial charge in [0, 0.05) is 38.8 Å². The highest BCUT2D eigenvalue weighted by molar-refractivity contribution is 6.30. The number of carbonyl (C=O) groups is 1. The highest BCUT2D eigenvalue weighted by Gasteiger charge is 2.42. The largest absolute Gasteiger partial charge is 0.365 e. The number of allylic oxidation sites excluding steroid dienone is 3. The molecule has 0 spiro atoms. The summed E-state index contributed by atoms with van der Waals surface area (Å²) in [6, 6.07) is 50.1. The van der Waals surface area contributed by atoms with Gasteiger partial charge < -0.3 is 15.3 Å². The molecule has 3 N–H and O–H groups in total. The van der Waals surface area contributed by atoms with E-state index in [1.165, 1.54) is 0 Å². The summed E-state index contributed by atoms with van der Waals surface area (Å²) >= 11 is 0. The molecule has 0 radical (unpaired) electrons. The Hall–Kier alpha value is -6.97. The topological polar surface area (TPSA) is 96.8 Å². The lowest BCUT2D eigenvalue weighted by Crippen LogP contribution is -2.36. The summed E-state index contributed by atoms with van der Waals surface area (Å²) in [5, 5.41) is 15.6. The van der Waals surface area contributed by atoms with Crippen LogP contribution in [0.2, 0.25) is 0 Å². The van der Waals surface area contributed by atoms with Crippen LogP contribution in [-0.4, -0.2) is 27.5 Å². The van der Waals surface area contributed by atoms with E-state index in [9.17, 15) is 10.1 Å². The molecule has 3 aliphatic rings. The summed E-state index contributed by atoms with van der Waals surface area (Å²) in [5.41, 5.74) is 10.4. The molecule has 6 nitrogen and oxygen atoms in total. The van der Waals surface area contributed by atoms with E-state index in [1.54, 1.807) is 0 Å². The number of aromatic amines is 2. The van der Waals surface area contributed by atoms with E-state index < -0.39 is 12.0 Å². The quantitative estimate of drug-likeness (QED) is 0.198. The van der Waals surface area contributed by atoms with Crippen LogP contribution in [0.5, 0.6) is 0 Å². The van der Waals surface area contributed by atoms with Crippen molar-refractivity contribution in [2.24, 2.45) is 4.99 Å². The number of fused-ring (bicyclic) bond motifs is 7. The second kappa shape index (κ2) is 12.5. The van der Waals surface area contributed by atoms with E-state index in [2.05, 4.69) is 69.9 Å². The minimum Gasteiger partial charge on any atom is -0.365 e. The van der Waals surface area contributed by atoms with Gasteiger partial charge in [-0.25, -0.2) is 4.99 Å². The van der Waals surface area contributed by atoms with E-state index >= 15 is 0 Å². The number of H-pyrrole nitrogens is 2. The van der Waals surface area contributed by atoms with E-state index in [0.29, 0.717) is 11.1 Å². The molecule has 0 saturated carbocycles. The van der Waals surface area contributed by atoms with Crippen LogP contribution < -0.4 is 16.0 Å². The third-order valence-electron chi connectivity index (χ3n) is 9.81. The normalized spacial score (nSPS) is 21.7. The Morgan fingerprint density at radius 3 is 1.76 bits per heavy atom. The molecular weight excluding hydrogens is 627 g/mol. The van der Waals surface area contributed by atoms with Gasteiger partial charge in [0.2, 0.25) is 0 Å². The zero-order valence-corrected chi connectivity index (χ0v) is 27.5. The molecule has 0 amide bonds. The number of rotatable bonds is 4. The Morgan fingerprint density at radius 2 is 1.14 bits per heavy atom. The fourth-order valence-corrected chi connectivity index (χ4v) is 7.55.